The van der Waals surface area contributed by atoms with Crippen LogP contribution in [0.5, 0.6) is 0 Å². The summed E-state index contributed by atoms with van der Waals surface area (Å²) in [6.45, 7) is 3.97. The molecule has 2 atom stereocenters. The van der Waals surface area contributed by atoms with E-state index in [-0.39, 0.29) is 35.7 Å². The van der Waals surface area contributed by atoms with E-state index in [9.17, 15) is 18.1 Å². The van der Waals surface area contributed by atoms with Crippen molar-refractivity contribution in [2.24, 2.45) is 0 Å². The van der Waals surface area contributed by atoms with E-state index in [1.807, 2.05) is 0 Å². The maximum atomic E-state index is 11.0. The number of hydrogen-bond acceptors (Lipinski definition) is 4. The van der Waals surface area contributed by atoms with Crippen LogP contribution in [0.25, 0.3) is 0 Å². The molecule has 0 aromatic carbocycles. The van der Waals surface area contributed by atoms with Crippen molar-refractivity contribution < 1.29 is 47.6 Å². The molecule has 1 N–H and O–H groups in total. The molecule has 0 saturated carbocycles. The Morgan fingerprint density at radius 3 is 1.58 bits per heavy atom. The molecule has 0 fully saturated rings. The molecular weight excluding hydrogens is 359 g/mol. The minimum Gasteiger partial charge on any atom is -0.748 e. The molecule has 0 amide bonds. The van der Waals surface area contributed by atoms with Crippen molar-refractivity contribution in [3.8, 4) is 0 Å². The number of aliphatic hydroxyl groups is 1. The molecule has 0 aliphatic carbocycles. The SMILES string of the molecule is CCCCCCCCCCCCCC(O)CCCC(CC)S(=O)(=O)[O-].[Na+]. The summed E-state index contributed by atoms with van der Waals surface area (Å²) in [5, 5.41) is 9.16. The molecule has 0 bridgehead atoms. The van der Waals surface area contributed by atoms with Crippen LogP contribution in [0.1, 0.15) is 117 Å². The van der Waals surface area contributed by atoms with Gasteiger partial charge in [0.15, 0.2) is 0 Å². The van der Waals surface area contributed by atoms with Crippen molar-refractivity contribution in [2.45, 2.75) is 128 Å². The van der Waals surface area contributed by atoms with Gasteiger partial charge in [-0.2, -0.15) is 0 Å². The van der Waals surface area contributed by atoms with Gasteiger partial charge in [0, 0.05) is 5.25 Å². The van der Waals surface area contributed by atoms with E-state index in [0.717, 1.165) is 12.8 Å². The zero-order valence-corrected chi connectivity index (χ0v) is 20.4. The van der Waals surface area contributed by atoms with Crippen LogP contribution in [0.4, 0.5) is 0 Å². The van der Waals surface area contributed by atoms with Gasteiger partial charge in [-0.05, 0) is 32.1 Å². The van der Waals surface area contributed by atoms with Crippen molar-refractivity contribution in [1.82, 2.24) is 0 Å². The van der Waals surface area contributed by atoms with Gasteiger partial charge < -0.3 is 9.66 Å². The Labute approximate surface area is 185 Å². The normalized spacial score (nSPS) is 14.0. The van der Waals surface area contributed by atoms with Crippen molar-refractivity contribution >= 4 is 10.1 Å². The summed E-state index contributed by atoms with van der Waals surface area (Å²) in [6.07, 6.45) is 16.6. The smallest absolute Gasteiger partial charge is 0.748 e. The molecule has 0 radical (unpaired) electrons. The maximum absolute atomic E-state index is 11.0. The molecule has 6 heteroatoms. The van der Waals surface area contributed by atoms with Crippen molar-refractivity contribution in [3.05, 3.63) is 0 Å². The Morgan fingerprint density at radius 2 is 1.15 bits per heavy atom. The minimum atomic E-state index is -4.18. The molecule has 152 valence electrons. The predicted octanol–water partition coefficient (Wildman–Crippen LogP) is 2.55. The Bertz CT molecular complexity index is 387. The van der Waals surface area contributed by atoms with Gasteiger partial charge in [-0.25, -0.2) is 8.42 Å². The van der Waals surface area contributed by atoms with Crippen molar-refractivity contribution in [1.29, 1.82) is 0 Å². The third-order valence-corrected chi connectivity index (χ3v) is 6.45. The summed E-state index contributed by atoms with van der Waals surface area (Å²) in [5.41, 5.74) is 0. The van der Waals surface area contributed by atoms with Gasteiger partial charge in [-0.15, -0.1) is 0 Å². The Hall–Kier alpha value is 0.870. The van der Waals surface area contributed by atoms with E-state index in [2.05, 4.69) is 6.92 Å². The molecule has 4 nitrogen and oxygen atoms in total. The van der Waals surface area contributed by atoms with Gasteiger partial charge in [0.1, 0.15) is 0 Å². The summed E-state index contributed by atoms with van der Waals surface area (Å²) >= 11 is 0. The standard InChI is InChI=1S/C20H42O4S.Na/c1-3-5-6-7-8-9-10-11-12-13-14-16-19(21)17-15-18-20(4-2)25(22,23)24;/h19-21H,3-18H2,1-2H3,(H,22,23,24);/q;+1/p-1. The van der Waals surface area contributed by atoms with E-state index >= 15 is 0 Å². The quantitative estimate of drug-likeness (QED) is 0.218. The van der Waals surface area contributed by atoms with Crippen molar-refractivity contribution in [2.75, 3.05) is 0 Å². The van der Waals surface area contributed by atoms with Crippen LogP contribution >= 0.6 is 0 Å². The zero-order chi connectivity index (χ0) is 19.0. The first-order valence-corrected chi connectivity index (χ1v) is 12.0. The Morgan fingerprint density at radius 1 is 0.731 bits per heavy atom. The maximum Gasteiger partial charge on any atom is 1.00 e. The average Bonchev–Trinajstić information content (AvgIpc) is 2.55. The number of aliphatic hydroxyl groups excluding tert-OH is 1. The summed E-state index contributed by atoms with van der Waals surface area (Å²) < 4.78 is 33.0. The van der Waals surface area contributed by atoms with Crippen LogP contribution in [0, 0.1) is 0 Å². The second-order valence-corrected chi connectivity index (χ2v) is 9.08. The molecule has 0 aromatic heterocycles. The number of hydrogen-bond donors (Lipinski definition) is 1. The molecule has 0 aromatic rings. The summed E-state index contributed by atoms with van der Waals surface area (Å²) in [4.78, 5) is 0. The summed E-state index contributed by atoms with van der Waals surface area (Å²) in [7, 11) is -4.18. The first kappa shape index (κ1) is 29.1. The van der Waals surface area contributed by atoms with Gasteiger partial charge in [-0.3, -0.25) is 0 Å². The van der Waals surface area contributed by atoms with Crippen LogP contribution in [-0.4, -0.2) is 29.4 Å². The van der Waals surface area contributed by atoms with Crippen LogP contribution in [0.15, 0.2) is 0 Å². The Kier molecular flexibility index (Phi) is 21.5. The molecule has 0 saturated heterocycles. The predicted molar refractivity (Wildman–Crippen MR) is 105 cm³/mol. The first-order chi connectivity index (χ1) is 11.9. The first-order valence-electron chi connectivity index (χ1n) is 10.5. The number of unbranched alkanes of at least 4 members (excludes halogenated alkanes) is 10. The van der Waals surface area contributed by atoms with Gasteiger partial charge in [-0.1, -0.05) is 84.5 Å². The third-order valence-electron chi connectivity index (χ3n) is 5.07. The van der Waals surface area contributed by atoms with Gasteiger partial charge in [0.2, 0.25) is 0 Å². The second-order valence-electron chi connectivity index (χ2n) is 7.43. The average molecular weight is 401 g/mol. The molecule has 0 spiro atoms. The zero-order valence-electron chi connectivity index (χ0n) is 17.5. The van der Waals surface area contributed by atoms with Crippen LogP contribution in [-0.2, 0) is 10.1 Å². The van der Waals surface area contributed by atoms with Crippen LogP contribution in [0.2, 0.25) is 0 Å². The van der Waals surface area contributed by atoms with E-state index in [1.165, 1.54) is 64.2 Å². The topological polar surface area (TPSA) is 77.4 Å². The molecule has 0 aliphatic rings. The molecule has 0 rings (SSSR count). The fourth-order valence-electron chi connectivity index (χ4n) is 3.32. The minimum absolute atomic E-state index is 0. The van der Waals surface area contributed by atoms with Crippen molar-refractivity contribution in [3.63, 3.8) is 0 Å². The summed E-state index contributed by atoms with van der Waals surface area (Å²) in [5.74, 6) is 0. The van der Waals surface area contributed by atoms with E-state index in [4.69, 9.17) is 0 Å². The Balaban J connectivity index is 0. The molecule has 0 heterocycles. The summed E-state index contributed by atoms with van der Waals surface area (Å²) in [6, 6.07) is 0. The fourth-order valence-corrected chi connectivity index (χ4v) is 4.19. The van der Waals surface area contributed by atoms with E-state index in [0.29, 0.717) is 25.7 Å². The second kappa shape index (κ2) is 19.2. The largest absolute Gasteiger partial charge is 1.00 e. The van der Waals surface area contributed by atoms with E-state index < -0.39 is 15.4 Å². The molecular formula is C20H41NaO4S. The molecule has 26 heavy (non-hydrogen) atoms. The van der Waals surface area contributed by atoms with Gasteiger partial charge >= 0.3 is 29.6 Å². The number of rotatable bonds is 18. The van der Waals surface area contributed by atoms with Crippen LogP contribution in [0.3, 0.4) is 0 Å². The molecule has 2 unspecified atom stereocenters. The third kappa shape index (κ3) is 18.2. The van der Waals surface area contributed by atoms with E-state index in [1.54, 1.807) is 6.92 Å². The molecule has 0 aliphatic heterocycles. The van der Waals surface area contributed by atoms with Crippen LogP contribution < -0.4 is 29.6 Å². The van der Waals surface area contributed by atoms with Gasteiger partial charge in [0.25, 0.3) is 0 Å². The fraction of sp³-hybridized carbons (Fsp3) is 1.00. The monoisotopic (exact) mass is 400 g/mol. The van der Waals surface area contributed by atoms with Gasteiger partial charge in [0.05, 0.1) is 16.2 Å².